The maximum absolute atomic E-state index is 12.3. The molecule has 0 bridgehead atoms. The van der Waals surface area contributed by atoms with Crippen LogP contribution in [0, 0.1) is 19.8 Å². The molecule has 1 saturated heterocycles. The smallest absolute Gasteiger partial charge is 0.176 e. The molecule has 0 aliphatic carbocycles. The third-order valence-electron chi connectivity index (χ3n) is 4.36. The second-order valence-corrected chi connectivity index (χ2v) is 5.71. The van der Waals surface area contributed by atoms with E-state index in [0.29, 0.717) is 12.5 Å². The largest absolute Gasteiger partial charge is 0.395 e. The lowest BCUT2D eigenvalue weighted by atomic mass is 10.0. The van der Waals surface area contributed by atoms with Crippen LogP contribution in [0.15, 0.2) is 18.2 Å². The van der Waals surface area contributed by atoms with Gasteiger partial charge in [0.2, 0.25) is 0 Å². The van der Waals surface area contributed by atoms with Crippen molar-refractivity contribution in [3.63, 3.8) is 0 Å². The van der Waals surface area contributed by atoms with Gasteiger partial charge in [-0.2, -0.15) is 0 Å². The maximum atomic E-state index is 12.3. The summed E-state index contributed by atoms with van der Waals surface area (Å²) < 4.78 is 0. The Labute approximate surface area is 115 Å². The van der Waals surface area contributed by atoms with Crippen LogP contribution in [0.1, 0.15) is 34.8 Å². The number of ketones is 1. The molecule has 0 aromatic heterocycles. The van der Waals surface area contributed by atoms with Crippen LogP contribution in [-0.4, -0.2) is 41.5 Å². The molecule has 2 unspecified atom stereocenters. The van der Waals surface area contributed by atoms with Gasteiger partial charge in [-0.05, 0) is 49.9 Å². The zero-order valence-electron chi connectivity index (χ0n) is 12.0. The van der Waals surface area contributed by atoms with Crippen molar-refractivity contribution in [2.24, 2.45) is 5.92 Å². The Morgan fingerprint density at radius 1 is 1.37 bits per heavy atom. The summed E-state index contributed by atoms with van der Waals surface area (Å²) in [6.45, 7) is 7.68. The van der Waals surface area contributed by atoms with E-state index in [0.717, 1.165) is 24.1 Å². The van der Waals surface area contributed by atoms with Gasteiger partial charge in [-0.25, -0.2) is 0 Å². The number of nitrogens with zero attached hydrogens (tertiary/aromatic N) is 1. The summed E-state index contributed by atoms with van der Waals surface area (Å²) >= 11 is 0. The molecule has 1 aromatic rings. The molecule has 1 aliphatic heterocycles. The van der Waals surface area contributed by atoms with Crippen LogP contribution in [0.3, 0.4) is 0 Å². The van der Waals surface area contributed by atoms with E-state index in [4.69, 9.17) is 0 Å². The predicted octanol–water partition coefficient (Wildman–Crippen LogP) is 2.19. The molecule has 1 N–H and O–H groups in total. The number of hydrogen-bond acceptors (Lipinski definition) is 3. The Balaban J connectivity index is 2.06. The van der Waals surface area contributed by atoms with Gasteiger partial charge in [0, 0.05) is 11.6 Å². The third-order valence-corrected chi connectivity index (χ3v) is 4.36. The minimum Gasteiger partial charge on any atom is -0.395 e. The molecule has 0 saturated carbocycles. The van der Waals surface area contributed by atoms with Gasteiger partial charge in [-0.1, -0.05) is 19.1 Å². The van der Waals surface area contributed by atoms with Crippen molar-refractivity contribution in [2.75, 3.05) is 19.7 Å². The van der Waals surface area contributed by atoms with Crippen LogP contribution in [0.25, 0.3) is 0 Å². The predicted molar refractivity (Wildman–Crippen MR) is 76.5 cm³/mol. The lowest BCUT2D eigenvalue weighted by molar-refractivity contribution is 0.0866. The van der Waals surface area contributed by atoms with Gasteiger partial charge in [-0.15, -0.1) is 0 Å². The summed E-state index contributed by atoms with van der Waals surface area (Å²) in [5.74, 6) is 0.619. The van der Waals surface area contributed by atoms with Crippen LogP contribution in [-0.2, 0) is 0 Å². The van der Waals surface area contributed by atoms with Crippen molar-refractivity contribution in [2.45, 2.75) is 33.2 Å². The highest BCUT2D eigenvalue weighted by Gasteiger charge is 2.31. The Kier molecular flexibility index (Phi) is 4.38. The quantitative estimate of drug-likeness (QED) is 0.845. The van der Waals surface area contributed by atoms with Crippen LogP contribution in [0.5, 0.6) is 0 Å². The van der Waals surface area contributed by atoms with Crippen molar-refractivity contribution in [3.05, 3.63) is 34.9 Å². The number of hydrogen-bond donors (Lipinski definition) is 1. The monoisotopic (exact) mass is 261 g/mol. The topological polar surface area (TPSA) is 40.5 Å². The Hall–Kier alpha value is -1.19. The van der Waals surface area contributed by atoms with E-state index < -0.39 is 0 Å². The second kappa shape index (κ2) is 5.85. The van der Waals surface area contributed by atoms with E-state index in [-0.39, 0.29) is 18.4 Å². The molecule has 0 spiro atoms. The van der Waals surface area contributed by atoms with Crippen LogP contribution >= 0.6 is 0 Å². The first-order valence-corrected chi connectivity index (χ1v) is 6.98. The third kappa shape index (κ3) is 3.04. The molecule has 2 atom stereocenters. The van der Waals surface area contributed by atoms with Crippen molar-refractivity contribution >= 4 is 5.78 Å². The summed E-state index contributed by atoms with van der Waals surface area (Å²) in [7, 11) is 0. The lowest BCUT2D eigenvalue weighted by Crippen LogP contribution is -2.38. The van der Waals surface area contributed by atoms with Gasteiger partial charge in [0.15, 0.2) is 5.78 Å². The fraction of sp³-hybridized carbons (Fsp3) is 0.562. The van der Waals surface area contributed by atoms with E-state index in [9.17, 15) is 9.90 Å². The Morgan fingerprint density at radius 2 is 2.11 bits per heavy atom. The van der Waals surface area contributed by atoms with Gasteiger partial charge in [0.05, 0.1) is 13.2 Å². The number of benzene rings is 1. The number of likely N-dealkylation sites (tertiary alicyclic amines) is 1. The Morgan fingerprint density at radius 3 is 2.74 bits per heavy atom. The molecular weight excluding hydrogens is 238 g/mol. The Bertz CT molecular complexity index is 470. The summed E-state index contributed by atoms with van der Waals surface area (Å²) in [5.41, 5.74) is 3.14. The van der Waals surface area contributed by atoms with E-state index in [1.165, 1.54) is 5.56 Å². The molecule has 1 aromatic carbocycles. The van der Waals surface area contributed by atoms with E-state index in [1.54, 1.807) is 0 Å². The highest BCUT2D eigenvalue weighted by Crippen LogP contribution is 2.23. The maximum Gasteiger partial charge on any atom is 0.176 e. The first-order valence-electron chi connectivity index (χ1n) is 6.98. The number of aliphatic hydroxyl groups is 1. The fourth-order valence-electron chi connectivity index (χ4n) is 2.77. The highest BCUT2D eigenvalue weighted by molar-refractivity contribution is 5.97. The molecule has 3 nitrogen and oxygen atoms in total. The number of Topliss-reactive ketones (excluding diaryl/α,β-unsaturated/α-hetero) is 1. The standard InChI is InChI=1S/C16H23NO2/c1-11-4-5-14(8-13(11)3)16(19)9-17-7-6-12(2)15(17)10-18/h4-5,8,12,15,18H,6-7,9-10H2,1-3H3. The van der Waals surface area contributed by atoms with E-state index in [1.807, 2.05) is 32.0 Å². The molecule has 1 aliphatic rings. The molecule has 1 heterocycles. The molecular formula is C16H23NO2. The van der Waals surface area contributed by atoms with Gasteiger partial charge in [-0.3, -0.25) is 9.69 Å². The van der Waals surface area contributed by atoms with Crippen molar-refractivity contribution in [1.82, 2.24) is 4.90 Å². The molecule has 19 heavy (non-hydrogen) atoms. The van der Waals surface area contributed by atoms with Crippen LogP contribution < -0.4 is 0 Å². The number of aryl methyl sites for hydroxylation is 2. The minimum absolute atomic E-state index is 0.135. The number of carbonyl (C=O) groups is 1. The van der Waals surface area contributed by atoms with Crippen LogP contribution in [0.4, 0.5) is 0 Å². The normalized spacial score (nSPS) is 23.8. The zero-order valence-corrected chi connectivity index (χ0v) is 12.0. The number of carbonyl (C=O) groups excluding carboxylic acids is 1. The molecule has 1 fully saturated rings. The average Bonchev–Trinajstić information content (AvgIpc) is 2.73. The second-order valence-electron chi connectivity index (χ2n) is 5.71. The molecule has 0 radical (unpaired) electrons. The molecule has 104 valence electrons. The van der Waals surface area contributed by atoms with Gasteiger partial charge < -0.3 is 5.11 Å². The van der Waals surface area contributed by atoms with E-state index >= 15 is 0 Å². The van der Waals surface area contributed by atoms with Crippen LogP contribution in [0.2, 0.25) is 0 Å². The van der Waals surface area contributed by atoms with Gasteiger partial charge in [0.1, 0.15) is 0 Å². The summed E-state index contributed by atoms with van der Waals surface area (Å²) in [4.78, 5) is 14.4. The van der Waals surface area contributed by atoms with Crippen molar-refractivity contribution < 1.29 is 9.90 Å². The summed E-state index contributed by atoms with van der Waals surface area (Å²) in [6.07, 6.45) is 1.06. The molecule has 0 amide bonds. The number of aliphatic hydroxyl groups excluding tert-OH is 1. The lowest BCUT2D eigenvalue weighted by Gasteiger charge is -2.24. The number of rotatable bonds is 4. The fourth-order valence-corrected chi connectivity index (χ4v) is 2.77. The van der Waals surface area contributed by atoms with Gasteiger partial charge in [0.25, 0.3) is 0 Å². The summed E-state index contributed by atoms with van der Waals surface area (Å²) in [6, 6.07) is 6.00. The summed E-state index contributed by atoms with van der Waals surface area (Å²) in [5, 5.41) is 9.42. The first kappa shape index (κ1) is 14.2. The van der Waals surface area contributed by atoms with Crippen molar-refractivity contribution in [1.29, 1.82) is 0 Å². The zero-order chi connectivity index (χ0) is 14.0. The highest BCUT2D eigenvalue weighted by atomic mass is 16.3. The van der Waals surface area contributed by atoms with E-state index in [2.05, 4.69) is 11.8 Å². The minimum atomic E-state index is 0.135. The SMILES string of the molecule is Cc1ccc(C(=O)CN2CCC(C)C2CO)cc1C. The first-order chi connectivity index (χ1) is 9.02. The average molecular weight is 261 g/mol. The van der Waals surface area contributed by atoms with Gasteiger partial charge >= 0.3 is 0 Å². The molecule has 3 heteroatoms. The van der Waals surface area contributed by atoms with Crippen molar-refractivity contribution in [3.8, 4) is 0 Å². The molecule has 2 rings (SSSR count).